The van der Waals surface area contributed by atoms with Crippen molar-refractivity contribution in [1.82, 2.24) is 34.6 Å². The van der Waals surface area contributed by atoms with E-state index in [0.29, 0.717) is 6.42 Å². The number of amides is 2. The van der Waals surface area contributed by atoms with Crippen molar-refractivity contribution >= 4 is 18.2 Å². The van der Waals surface area contributed by atoms with Crippen LogP contribution in [0, 0.1) is 29.9 Å². The first kappa shape index (κ1) is 25.1. The van der Waals surface area contributed by atoms with E-state index in [1.807, 2.05) is 0 Å². The molecular weight excluding hydrogens is 508 g/mol. The zero-order chi connectivity index (χ0) is 27.0. The van der Waals surface area contributed by atoms with Crippen molar-refractivity contribution in [3.8, 4) is 11.9 Å². The van der Waals surface area contributed by atoms with Crippen LogP contribution in [0.4, 0.5) is 28.3 Å². The van der Waals surface area contributed by atoms with Crippen molar-refractivity contribution in [3.63, 3.8) is 0 Å². The summed E-state index contributed by atoms with van der Waals surface area (Å²) in [6, 6.07) is 5.14. The summed E-state index contributed by atoms with van der Waals surface area (Å²) < 4.78 is 56.1. The average molecular weight is 528 g/mol. The quantitative estimate of drug-likeness (QED) is 0.477. The molecule has 0 aliphatic carbocycles. The number of hydrogen-bond donors (Lipinski definition) is 0. The lowest BCUT2D eigenvalue weighted by Crippen LogP contribution is -2.52. The van der Waals surface area contributed by atoms with Gasteiger partial charge in [-0.05, 0) is 13.0 Å². The highest BCUT2D eigenvalue weighted by Crippen LogP contribution is 2.32. The number of carbonyl (C=O) groups excluding carboxylic acids is 1. The first-order valence-electron chi connectivity index (χ1n) is 11.6. The molecule has 2 aliphatic rings. The lowest BCUT2D eigenvalue weighted by atomic mass is 10.0. The highest BCUT2D eigenvalue weighted by atomic mass is 19.3. The number of alkyl halides is 2. The van der Waals surface area contributed by atoms with Crippen LogP contribution in [-0.4, -0.2) is 73.1 Å². The molecule has 0 unspecified atom stereocenters. The van der Waals surface area contributed by atoms with E-state index in [0.717, 1.165) is 10.9 Å². The number of nitrogens with zero attached hydrogens (tertiary/aromatic N) is 10. The molecule has 0 bridgehead atoms. The Morgan fingerprint density at radius 1 is 1.16 bits per heavy atom. The van der Waals surface area contributed by atoms with Gasteiger partial charge in [-0.1, -0.05) is 12.1 Å². The molecule has 2 aliphatic heterocycles. The summed E-state index contributed by atoms with van der Waals surface area (Å²) in [6.07, 6.45) is -0.169. The first-order chi connectivity index (χ1) is 18.3. The van der Waals surface area contributed by atoms with Crippen molar-refractivity contribution in [2.24, 2.45) is 5.10 Å². The van der Waals surface area contributed by atoms with Gasteiger partial charge in [0.2, 0.25) is 11.8 Å². The molecule has 0 N–H and O–H groups in total. The van der Waals surface area contributed by atoms with Crippen molar-refractivity contribution in [1.29, 1.82) is 5.26 Å². The Hall–Kier alpha value is -4.61. The Morgan fingerprint density at radius 3 is 2.61 bits per heavy atom. The second-order valence-electron chi connectivity index (χ2n) is 8.54. The lowest BCUT2D eigenvalue weighted by Gasteiger charge is -2.37. The highest BCUT2D eigenvalue weighted by molar-refractivity contribution is 5.79. The number of hydrogen-bond acceptors (Lipinski definition) is 8. The van der Waals surface area contributed by atoms with Crippen LogP contribution in [0.5, 0.6) is 0 Å². The summed E-state index contributed by atoms with van der Waals surface area (Å²) in [5, 5.41) is 18.1. The Kier molecular flexibility index (Phi) is 6.62. The van der Waals surface area contributed by atoms with Gasteiger partial charge in [-0.15, -0.1) is 5.10 Å². The molecule has 1 saturated heterocycles. The van der Waals surface area contributed by atoms with Gasteiger partial charge in [0.15, 0.2) is 11.6 Å². The number of carbonyl (C=O) groups is 1. The van der Waals surface area contributed by atoms with E-state index >= 15 is 0 Å². The SMILES string of the molecule is Cc1nc(C(F)F)nn1-c1nc(N2CCN(C(=O)N3N=CC[C@H]3c3cccc(C#N)c3F)CC2)ncc1F. The third-order valence-corrected chi connectivity index (χ3v) is 6.26. The predicted octanol–water partition coefficient (Wildman–Crippen LogP) is 3.13. The summed E-state index contributed by atoms with van der Waals surface area (Å²) in [4.78, 5) is 28.3. The maximum atomic E-state index is 14.8. The van der Waals surface area contributed by atoms with E-state index in [-0.39, 0.29) is 54.9 Å². The molecule has 3 aromatic rings. The fourth-order valence-corrected chi connectivity index (χ4v) is 4.35. The van der Waals surface area contributed by atoms with E-state index in [9.17, 15) is 22.4 Å². The van der Waals surface area contributed by atoms with Crippen LogP contribution in [0.15, 0.2) is 29.5 Å². The average Bonchev–Trinajstić information content (AvgIpc) is 3.56. The highest BCUT2D eigenvalue weighted by Gasteiger charge is 2.35. The molecule has 0 saturated carbocycles. The number of rotatable bonds is 4. The molecule has 0 radical (unpaired) electrons. The minimum atomic E-state index is -2.92. The second kappa shape index (κ2) is 10.0. The maximum absolute atomic E-state index is 14.8. The third kappa shape index (κ3) is 4.49. The number of hydrazone groups is 1. The van der Waals surface area contributed by atoms with Crippen LogP contribution in [-0.2, 0) is 0 Å². The minimum absolute atomic E-state index is 0.0386. The zero-order valence-corrected chi connectivity index (χ0v) is 20.0. The van der Waals surface area contributed by atoms with Crippen LogP contribution in [0.2, 0.25) is 0 Å². The predicted molar refractivity (Wildman–Crippen MR) is 125 cm³/mol. The fraction of sp³-hybridized carbons (Fsp3) is 0.348. The van der Waals surface area contributed by atoms with Gasteiger partial charge in [-0.25, -0.2) is 37.3 Å². The molecule has 1 aromatic carbocycles. The molecule has 5 rings (SSSR count). The number of aromatic nitrogens is 5. The van der Waals surface area contributed by atoms with E-state index in [2.05, 4.69) is 25.2 Å². The van der Waals surface area contributed by atoms with E-state index < -0.39 is 36.0 Å². The smallest absolute Gasteiger partial charge is 0.337 e. The Bertz CT molecular complexity index is 1440. The number of nitriles is 1. The van der Waals surface area contributed by atoms with Gasteiger partial charge >= 0.3 is 6.03 Å². The van der Waals surface area contributed by atoms with Crippen LogP contribution in [0.25, 0.3) is 5.82 Å². The van der Waals surface area contributed by atoms with E-state index in [1.165, 1.54) is 30.3 Å². The second-order valence-corrected chi connectivity index (χ2v) is 8.54. The van der Waals surface area contributed by atoms with Gasteiger partial charge in [-0.2, -0.15) is 20.0 Å². The zero-order valence-electron chi connectivity index (χ0n) is 20.0. The molecule has 11 nitrogen and oxygen atoms in total. The van der Waals surface area contributed by atoms with Gasteiger partial charge in [0.25, 0.3) is 6.43 Å². The van der Waals surface area contributed by atoms with Crippen molar-refractivity contribution in [3.05, 3.63) is 58.8 Å². The third-order valence-electron chi connectivity index (χ3n) is 6.26. The standard InChI is InChI=1S/C23H20F4N10O/c1-13-31-20(19(26)27)33-36(13)21-16(24)12-29-22(32-21)34-7-9-35(10-8-34)23(38)37-17(5-6-30-37)15-4-2-3-14(11-28)18(15)25/h2-4,6,12,17,19H,5,7-10H2,1H3/t17-/m0/s1. The molecule has 1 atom stereocenters. The monoisotopic (exact) mass is 528 g/mol. The van der Waals surface area contributed by atoms with Crippen LogP contribution < -0.4 is 4.90 Å². The van der Waals surface area contributed by atoms with Crippen LogP contribution >= 0.6 is 0 Å². The van der Waals surface area contributed by atoms with Crippen molar-refractivity contribution in [2.45, 2.75) is 25.8 Å². The first-order valence-corrected chi connectivity index (χ1v) is 11.6. The molecule has 0 spiro atoms. The maximum Gasteiger partial charge on any atom is 0.341 e. The molecule has 15 heteroatoms. The van der Waals surface area contributed by atoms with Gasteiger partial charge in [-0.3, -0.25) is 0 Å². The molecule has 2 amide bonds. The van der Waals surface area contributed by atoms with Gasteiger partial charge in [0, 0.05) is 44.4 Å². The number of benzene rings is 1. The van der Waals surface area contributed by atoms with Gasteiger partial charge in [0.1, 0.15) is 17.7 Å². The normalized spacial score (nSPS) is 17.4. The lowest BCUT2D eigenvalue weighted by molar-refractivity contribution is 0.138. The molecule has 4 heterocycles. The fourth-order valence-electron chi connectivity index (χ4n) is 4.35. The van der Waals surface area contributed by atoms with Crippen LogP contribution in [0.3, 0.4) is 0 Å². The van der Waals surface area contributed by atoms with Crippen molar-refractivity contribution in [2.75, 3.05) is 31.1 Å². The molecule has 196 valence electrons. The molecule has 1 fully saturated rings. The topological polar surface area (TPSA) is 119 Å². The summed E-state index contributed by atoms with van der Waals surface area (Å²) in [5.74, 6) is -2.42. The van der Waals surface area contributed by atoms with Crippen LogP contribution in [0.1, 0.15) is 41.7 Å². The Labute approximate surface area is 213 Å². The van der Waals surface area contributed by atoms with E-state index in [4.69, 9.17) is 5.26 Å². The largest absolute Gasteiger partial charge is 0.341 e. The summed E-state index contributed by atoms with van der Waals surface area (Å²) in [6.45, 7) is 2.46. The Balaban J connectivity index is 1.29. The molecule has 38 heavy (non-hydrogen) atoms. The number of urea groups is 1. The van der Waals surface area contributed by atoms with Gasteiger partial charge < -0.3 is 9.80 Å². The van der Waals surface area contributed by atoms with Gasteiger partial charge in [0.05, 0.1) is 17.8 Å². The minimum Gasteiger partial charge on any atom is -0.337 e. The molecular formula is C23H20F4N10O. The summed E-state index contributed by atoms with van der Waals surface area (Å²) >= 11 is 0. The summed E-state index contributed by atoms with van der Waals surface area (Å²) in [5.41, 5.74) is 0.0970. The number of piperazine rings is 1. The van der Waals surface area contributed by atoms with Crippen molar-refractivity contribution < 1.29 is 22.4 Å². The molecule has 2 aromatic heterocycles. The number of aryl methyl sites for hydroxylation is 1. The summed E-state index contributed by atoms with van der Waals surface area (Å²) in [7, 11) is 0. The number of anilines is 1. The van der Waals surface area contributed by atoms with E-state index in [1.54, 1.807) is 21.9 Å². The Morgan fingerprint density at radius 2 is 1.92 bits per heavy atom. The number of halogens is 4.